The molecule has 1 aromatic carbocycles. The maximum Gasteiger partial charge on any atom is 0.160 e. The average Bonchev–Trinajstić information content (AvgIpc) is 2.34. The lowest BCUT2D eigenvalue weighted by atomic mass is 10.1. The number of rotatable bonds is 6. The molecule has 4 heteroatoms. The summed E-state index contributed by atoms with van der Waals surface area (Å²) >= 11 is 0. The van der Waals surface area contributed by atoms with Crippen LogP contribution in [-0.4, -0.2) is 27.3 Å². The van der Waals surface area contributed by atoms with Crippen molar-refractivity contribution in [2.75, 3.05) is 27.3 Å². The van der Waals surface area contributed by atoms with Gasteiger partial charge in [0.2, 0.25) is 0 Å². The number of methoxy groups -OCH3 is 2. The average molecular weight is 256 g/mol. The normalized spacial score (nSPS) is 9.00. The summed E-state index contributed by atoms with van der Waals surface area (Å²) in [4.78, 5) is 0. The number of benzene rings is 1. The second kappa shape index (κ2) is 8.74. The van der Waals surface area contributed by atoms with Gasteiger partial charge in [-0.15, -0.1) is 18.8 Å². The number of hydrogen-bond acceptors (Lipinski definition) is 3. The Morgan fingerprint density at radius 3 is 2.53 bits per heavy atom. The summed E-state index contributed by atoms with van der Waals surface area (Å²) in [6.45, 7) is 1.47. The van der Waals surface area contributed by atoms with Crippen LogP contribution < -0.4 is 14.8 Å². The van der Waals surface area contributed by atoms with Crippen molar-refractivity contribution in [1.29, 1.82) is 0 Å². The molecular formula is C13H18ClNO2. The molecule has 0 heterocycles. The highest BCUT2D eigenvalue weighted by Gasteiger charge is 2.03. The molecule has 0 amide bonds. The van der Waals surface area contributed by atoms with Crippen LogP contribution in [0.25, 0.3) is 0 Å². The lowest BCUT2D eigenvalue weighted by molar-refractivity contribution is 0.354. The summed E-state index contributed by atoms with van der Waals surface area (Å²) in [5.74, 6) is 4.05. The van der Waals surface area contributed by atoms with E-state index in [1.807, 2.05) is 18.2 Å². The van der Waals surface area contributed by atoms with Crippen LogP contribution in [0.5, 0.6) is 11.5 Å². The van der Waals surface area contributed by atoms with Crippen molar-refractivity contribution in [3.05, 3.63) is 23.8 Å². The van der Waals surface area contributed by atoms with E-state index >= 15 is 0 Å². The van der Waals surface area contributed by atoms with Gasteiger partial charge < -0.3 is 14.8 Å². The lowest BCUT2D eigenvalue weighted by Crippen LogP contribution is -2.17. The fourth-order valence-corrected chi connectivity index (χ4v) is 1.43. The summed E-state index contributed by atoms with van der Waals surface area (Å²) in [7, 11) is 3.27. The number of ether oxygens (including phenoxy) is 2. The monoisotopic (exact) mass is 255 g/mol. The molecule has 0 fully saturated rings. The minimum atomic E-state index is 0. The Morgan fingerprint density at radius 1 is 1.24 bits per heavy atom. The van der Waals surface area contributed by atoms with Crippen molar-refractivity contribution in [2.24, 2.45) is 0 Å². The fraction of sp³-hybridized carbons (Fsp3) is 0.385. The van der Waals surface area contributed by atoms with Gasteiger partial charge in [-0.2, -0.15) is 0 Å². The molecule has 0 spiro atoms. The van der Waals surface area contributed by atoms with Gasteiger partial charge in [-0.05, 0) is 24.1 Å². The van der Waals surface area contributed by atoms with E-state index in [0.29, 0.717) is 6.54 Å². The zero-order valence-corrected chi connectivity index (χ0v) is 11.0. The van der Waals surface area contributed by atoms with Crippen LogP contribution in [0.3, 0.4) is 0 Å². The molecule has 0 saturated carbocycles. The minimum Gasteiger partial charge on any atom is -0.493 e. The third kappa shape index (κ3) is 4.99. The van der Waals surface area contributed by atoms with Crippen LogP contribution in [0.2, 0.25) is 0 Å². The van der Waals surface area contributed by atoms with Gasteiger partial charge in [0.05, 0.1) is 20.8 Å². The molecule has 0 saturated heterocycles. The fourth-order valence-electron chi connectivity index (χ4n) is 1.43. The Balaban J connectivity index is 0.00000256. The second-order valence-electron chi connectivity index (χ2n) is 3.32. The molecule has 1 rings (SSSR count). The summed E-state index contributed by atoms with van der Waals surface area (Å²) in [6, 6.07) is 5.92. The highest BCUT2D eigenvalue weighted by atomic mass is 35.5. The van der Waals surface area contributed by atoms with E-state index in [1.165, 1.54) is 5.56 Å². The van der Waals surface area contributed by atoms with E-state index in [0.717, 1.165) is 24.5 Å². The van der Waals surface area contributed by atoms with Crippen molar-refractivity contribution in [1.82, 2.24) is 5.32 Å². The van der Waals surface area contributed by atoms with Crippen LogP contribution >= 0.6 is 12.4 Å². The van der Waals surface area contributed by atoms with Gasteiger partial charge in [0.1, 0.15) is 0 Å². The number of halogens is 1. The van der Waals surface area contributed by atoms with E-state index in [4.69, 9.17) is 15.9 Å². The van der Waals surface area contributed by atoms with Gasteiger partial charge >= 0.3 is 0 Å². The quantitative estimate of drug-likeness (QED) is 0.622. The standard InChI is InChI=1S/C13H17NO2.ClH/c1-4-8-14-9-7-11-5-6-12(15-2)13(10-11)16-3;/h1,5-6,10,14H,7-9H2,2-3H3;1H. The maximum absolute atomic E-state index is 5.23. The van der Waals surface area contributed by atoms with Crippen molar-refractivity contribution < 1.29 is 9.47 Å². The molecular weight excluding hydrogens is 238 g/mol. The number of terminal acetylenes is 1. The first-order valence-corrected chi connectivity index (χ1v) is 5.17. The number of nitrogens with one attached hydrogen (secondary N) is 1. The maximum atomic E-state index is 5.23. The molecule has 3 nitrogen and oxygen atoms in total. The predicted octanol–water partition coefficient (Wildman–Crippen LogP) is 1.89. The third-order valence-electron chi connectivity index (χ3n) is 2.27. The molecule has 0 bridgehead atoms. The van der Waals surface area contributed by atoms with E-state index in [-0.39, 0.29) is 12.4 Å². The lowest BCUT2D eigenvalue weighted by Gasteiger charge is -2.09. The van der Waals surface area contributed by atoms with Crippen LogP contribution in [0.1, 0.15) is 5.56 Å². The Bertz CT molecular complexity index is 374. The van der Waals surface area contributed by atoms with Crippen molar-refractivity contribution >= 4 is 12.4 Å². The van der Waals surface area contributed by atoms with Crippen molar-refractivity contribution in [2.45, 2.75) is 6.42 Å². The van der Waals surface area contributed by atoms with Crippen LogP contribution in [0, 0.1) is 12.3 Å². The van der Waals surface area contributed by atoms with Gasteiger partial charge in [0.25, 0.3) is 0 Å². The molecule has 0 aliphatic heterocycles. The topological polar surface area (TPSA) is 30.5 Å². The van der Waals surface area contributed by atoms with Crippen LogP contribution in [0.4, 0.5) is 0 Å². The largest absolute Gasteiger partial charge is 0.493 e. The Morgan fingerprint density at radius 2 is 1.94 bits per heavy atom. The van der Waals surface area contributed by atoms with Gasteiger partial charge in [-0.25, -0.2) is 0 Å². The highest BCUT2D eigenvalue weighted by molar-refractivity contribution is 5.85. The first-order chi connectivity index (χ1) is 7.81. The molecule has 0 unspecified atom stereocenters. The first-order valence-electron chi connectivity index (χ1n) is 5.17. The van der Waals surface area contributed by atoms with Gasteiger partial charge in [-0.3, -0.25) is 0 Å². The van der Waals surface area contributed by atoms with Gasteiger partial charge in [-0.1, -0.05) is 12.0 Å². The minimum absolute atomic E-state index is 0. The first kappa shape index (κ1) is 15.6. The zero-order valence-electron chi connectivity index (χ0n) is 10.2. The molecule has 17 heavy (non-hydrogen) atoms. The summed E-state index contributed by atoms with van der Waals surface area (Å²) in [6.07, 6.45) is 6.06. The van der Waals surface area contributed by atoms with Crippen LogP contribution in [-0.2, 0) is 6.42 Å². The molecule has 0 aliphatic rings. The van der Waals surface area contributed by atoms with Crippen molar-refractivity contribution in [3.8, 4) is 23.8 Å². The summed E-state index contributed by atoms with van der Waals surface area (Å²) in [5, 5.41) is 3.14. The molecule has 0 radical (unpaired) electrons. The smallest absolute Gasteiger partial charge is 0.160 e. The molecule has 0 aromatic heterocycles. The zero-order chi connectivity index (χ0) is 11.8. The molecule has 1 aromatic rings. The van der Waals surface area contributed by atoms with Crippen molar-refractivity contribution in [3.63, 3.8) is 0 Å². The SMILES string of the molecule is C#CCNCCc1ccc(OC)c(OC)c1.Cl. The second-order valence-corrected chi connectivity index (χ2v) is 3.32. The molecule has 94 valence electrons. The Hall–Kier alpha value is -1.37. The van der Waals surface area contributed by atoms with Gasteiger partial charge in [0, 0.05) is 6.54 Å². The number of hydrogen-bond donors (Lipinski definition) is 1. The van der Waals surface area contributed by atoms with E-state index in [2.05, 4.69) is 11.2 Å². The third-order valence-corrected chi connectivity index (χ3v) is 2.27. The highest BCUT2D eigenvalue weighted by Crippen LogP contribution is 2.27. The Kier molecular flexibility index (Phi) is 8.04. The Labute approximate surface area is 109 Å². The molecule has 0 aliphatic carbocycles. The van der Waals surface area contributed by atoms with Gasteiger partial charge in [0.15, 0.2) is 11.5 Å². The van der Waals surface area contributed by atoms with E-state index in [9.17, 15) is 0 Å². The van der Waals surface area contributed by atoms with Crippen LogP contribution in [0.15, 0.2) is 18.2 Å². The summed E-state index contributed by atoms with van der Waals surface area (Å²) in [5.41, 5.74) is 1.20. The van der Waals surface area contributed by atoms with E-state index in [1.54, 1.807) is 14.2 Å². The van der Waals surface area contributed by atoms with E-state index < -0.39 is 0 Å². The summed E-state index contributed by atoms with van der Waals surface area (Å²) < 4.78 is 10.4. The predicted molar refractivity (Wildman–Crippen MR) is 72.2 cm³/mol. The molecule has 1 N–H and O–H groups in total. The molecule has 0 atom stereocenters.